The fourth-order valence-corrected chi connectivity index (χ4v) is 14.7. The van der Waals surface area contributed by atoms with Gasteiger partial charge in [0.1, 0.15) is 0 Å². The second-order valence-electron chi connectivity index (χ2n) is 15.6. The Kier molecular flexibility index (Phi) is 29.1. The fraction of sp³-hybridized carbons (Fsp3) is 0.100. The van der Waals surface area contributed by atoms with Crippen LogP contribution < -0.4 is 17.0 Å². The summed E-state index contributed by atoms with van der Waals surface area (Å²) in [6, 6.07) is 74.3. The molecule has 368 valence electrons. The smallest absolute Gasteiger partial charge is 1.00 e. The van der Waals surface area contributed by atoms with Crippen molar-refractivity contribution in [3.63, 3.8) is 0 Å². The molecule has 0 fully saturated rings. The molecule has 0 bridgehead atoms. The molecule has 14 heteroatoms. The number of benzene rings is 8. The summed E-state index contributed by atoms with van der Waals surface area (Å²) in [6.45, 7) is 0. The summed E-state index contributed by atoms with van der Waals surface area (Å²) in [4.78, 5) is 0. The molecule has 8 aromatic rings. The second-order valence-corrected chi connectivity index (χ2v) is 25.5. The standard InChI is InChI=1S/C54H42S12.C6H5.BrH.Mg/c55-49(37-19-7-1-8-20-37)61-31-43-44(32-62-50(56)38-21-9-2-10-22-38)46(34-64-52(58)40-25-13-4-14-26-40)48(36-66-54(60)42-29-17-6-18-30-42)47(35-65-53(59)41-27-15-5-16-28-41)45(43)33-63-51(57)39-23-11-3-12-24-39;1-2-4-6-5-3-1;;/h1-30H,31-36H2;1-5H;1H;/q;-1;;+2/p-1. The van der Waals surface area contributed by atoms with Gasteiger partial charge in [-0.05, 0) is 66.8 Å². The third-order valence-corrected chi connectivity index (χ3v) is 20.1. The van der Waals surface area contributed by atoms with E-state index in [0.29, 0.717) is 34.5 Å². The first-order valence-corrected chi connectivity index (χ1v) is 31.0. The van der Waals surface area contributed by atoms with Crippen LogP contribution in [0.15, 0.2) is 212 Å². The van der Waals surface area contributed by atoms with Crippen LogP contribution in [0.5, 0.6) is 0 Å². The fourth-order valence-electron chi connectivity index (χ4n) is 7.25. The zero-order chi connectivity index (χ0) is 50.3. The number of halogens is 1. The molecule has 0 aromatic heterocycles. The average Bonchev–Trinajstić information content (AvgIpc) is 3.45. The van der Waals surface area contributed by atoms with Crippen LogP contribution in [0.25, 0.3) is 0 Å². The van der Waals surface area contributed by atoms with Gasteiger partial charge in [-0.3, -0.25) is 0 Å². The van der Waals surface area contributed by atoms with Gasteiger partial charge in [-0.15, -0.1) is 70.6 Å². The summed E-state index contributed by atoms with van der Waals surface area (Å²) < 4.78 is 5.10. The first-order chi connectivity index (χ1) is 35.3. The third-order valence-electron chi connectivity index (χ3n) is 10.9. The Balaban J connectivity index is 0.00000118. The van der Waals surface area contributed by atoms with Gasteiger partial charge in [-0.25, -0.2) is 0 Å². The molecule has 0 atom stereocenters. The van der Waals surface area contributed by atoms with Crippen molar-refractivity contribution in [2.45, 2.75) is 34.5 Å². The molecule has 0 nitrogen and oxygen atoms in total. The topological polar surface area (TPSA) is 0 Å². The van der Waals surface area contributed by atoms with E-state index >= 15 is 0 Å². The Morgan fingerprint density at radius 3 is 0.527 bits per heavy atom. The Labute approximate surface area is 522 Å². The molecular weight excluding hydrogens is 1210 g/mol. The van der Waals surface area contributed by atoms with E-state index in [9.17, 15) is 0 Å². The zero-order valence-corrected chi connectivity index (χ0v) is 52.7. The van der Waals surface area contributed by atoms with E-state index in [1.807, 2.05) is 140 Å². The van der Waals surface area contributed by atoms with Crippen LogP contribution in [0, 0.1) is 6.07 Å². The molecule has 0 unspecified atom stereocenters. The molecule has 0 heterocycles. The van der Waals surface area contributed by atoms with Gasteiger partial charge in [0.05, 0.1) is 25.2 Å². The monoisotopic (exact) mass is 1250 g/mol. The molecule has 8 aromatic carbocycles. The van der Waals surface area contributed by atoms with Gasteiger partial charge in [0.25, 0.3) is 0 Å². The average molecular weight is 1260 g/mol. The summed E-state index contributed by atoms with van der Waals surface area (Å²) in [5.41, 5.74) is 13.8. The predicted molar refractivity (Wildman–Crippen MR) is 354 cm³/mol. The van der Waals surface area contributed by atoms with Gasteiger partial charge in [-0.1, -0.05) is 255 Å². The molecule has 0 saturated heterocycles. The molecular formula is C60H47BrMgS12. The molecule has 74 heavy (non-hydrogen) atoms. The van der Waals surface area contributed by atoms with Gasteiger partial charge < -0.3 is 17.0 Å². The van der Waals surface area contributed by atoms with E-state index in [-0.39, 0.29) is 40.0 Å². The molecule has 0 saturated carbocycles. The van der Waals surface area contributed by atoms with Crippen molar-refractivity contribution in [3.8, 4) is 0 Å². The Hall–Kier alpha value is -2.35. The minimum Gasteiger partial charge on any atom is -1.00 e. The maximum absolute atomic E-state index is 6.18. The van der Waals surface area contributed by atoms with Crippen LogP contribution in [-0.4, -0.2) is 48.2 Å². The molecule has 0 aliphatic carbocycles. The van der Waals surface area contributed by atoms with E-state index in [0.717, 1.165) is 58.6 Å². The van der Waals surface area contributed by atoms with Crippen molar-refractivity contribution < 1.29 is 17.0 Å². The number of rotatable bonds is 18. The van der Waals surface area contributed by atoms with Crippen LogP contribution >= 0.6 is 144 Å². The van der Waals surface area contributed by atoms with Crippen LogP contribution in [0.1, 0.15) is 66.8 Å². The SMILES string of the molecule is S=C(SCc1c(CSC(=S)c2ccccc2)c(CSC(=S)c2ccccc2)c(CSC(=S)c2ccccc2)c(CSC(=S)c2ccccc2)c1CSC(=S)c1ccccc1)c1ccccc1.[Br-].[Mg+2].[c-]1ccccc1. The van der Waals surface area contributed by atoms with Gasteiger partial charge in [0, 0.05) is 34.5 Å². The minimum absolute atomic E-state index is 0. The largest absolute Gasteiger partial charge is 2.00 e. The number of thioether (sulfide) groups is 6. The molecule has 0 spiro atoms. The van der Waals surface area contributed by atoms with Gasteiger partial charge in [-0.2, -0.15) is 36.4 Å². The first kappa shape index (κ1) is 62.5. The van der Waals surface area contributed by atoms with Crippen LogP contribution in [-0.2, 0) is 34.5 Å². The minimum atomic E-state index is 0. The van der Waals surface area contributed by atoms with Gasteiger partial charge in [0.2, 0.25) is 0 Å². The molecule has 0 aliphatic heterocycles. The molecule has 0 aliphatic rings. The van der Waals surface area contributed by atoms with E-state index in [2.05, 4.69) is 78.9 Å². The second kappa shape index (κ2) is 34.5. The van der Waals surface area contributed by atoms with Crippen LogP contribution in [0.2, 0.25) is 0 Å². The number of thiocarbonyl (C=S) groups is 6. The summed E-state index contributed by atoms with van der Waals surface area (Å²) >= 11 is 47.4. The summed E-state index contributed by atoms with van der Waals surface area (Å²) in [5, 5.41) is 0. The van der Waals surface area contributed by atoms with Crippen molar-refractivity contribution >= 4 is 192 Å². The molecule has 8 rings (SSSR count). The molecule has 0 amide bonds. The molecule has 0 radical (unpaired) electrons. The number of hydrogen-bond donors (Lipinski definition) is 0. The summed E-state index contributed by atoms with van der Waals surface area (Å²) in [7, 11) is 0. The normalized spacial score (nSPS) is 10.4. The van der Waals surface area contributed by atoms with Gasteiger partial charge >= 0.3 is 23.1 Å². The van der Waals surface area contributed by atoms with Crippen molar-refractivity contribution in [2.24, 2.45) is 0 Å². The maximum Gasteiger partial charge on any atom is 2.00 e. The van der Waals surface area contributed by atoms with Crippen molar-refractivity contribution in [1.82, 2.24) is 0 Å². The van der Waals surface area contributed by atoms with Crippen LogP contribution in [0.4, 0.5) is 0 Å². The Bertz CT molecular complexity index is 2510. The van der Waals surface area contributed by atoms with E-state index in [1.54, 1.807) is 70.6 Å². The molecule has 0 N–H and O–H groups in total. The van der Waals surface area contributed by atoms with E-state index < -0.39 is 0 Å². The van der Waals surface area contributed by atoms with E-state index in [1.165, 1.54) is 33.4 Å². The first-order valence-electron chi connectivity index (χ1n) is 22.7. The Morgan fingerprint density at radius 2 is 0.405 bits per heavy atom. The predicted octanol–water partition coefficient (Wildman–Crippen LogP) is 15.4. The summed E-state index contributed by atoms with van der Waals surface area (Å²) in [6.07, 6.45) is 0. The summed E-state index contributed by atoms with van der Waals surface area (Å²) in [5.74, 6) is 3.96. The van der Waals surface area contributed by atoms with Gasteiger partial charge in [0.15, 0.2) is 0 Å². The third kappa shape index (κ3) is 19.5. The zero-order valence-electron chi connectivity index (χ0n) is 39.9. The maximum atomic E-state index is 6.18. The van der Waals surface area contributed by atoms with Crippen molar-refractivity contribution in [2.75, 3.05) is 0 Å². The van der Waals surface area contributed by atoms with Crippen molar-refractivity contribution in [3.05, 3.63) is 285 Å². The Morgan fingerprint density at radius 1 is 0.257 bits per heavy atom. The van der Waals surface area contributed by atoms with Crippen LogP contribution in [0.3, 0.4) is 0 Å². The van der Waals surface area contributed by atoms with Crippen molar-refractivity contribution in [1.29, 1.82) is 0 Å². The quantitative estimate of drug-likeness (QED) is 0.0456. The van der Waals surface area contributed by atoms with E-state index in [4.69, 9.17) is 73.3 Å². The number of hydrogen-bond acceptors (Lipinski definition) is 12.